The maximum Gasteiger partial charge on any atom is 0.341 e. The molecule has 0 unspecified atom stereocenters. The zero-order valence-corrected chi connectivity index (χ0v) is 11.2. The molecule has 7 nitrogen and oxygen atoms in total. The molecular formula is C11H11F2NO6S. The smallest absolute Gasteiger partial charge is 0.341 e. The Bertz CT molecular complexity index is 682. The molecule has 1 aliphatic rings. The SMILES string of the molecule is O=C(O)c1c(F)ccc(S(=O)(=O)N2C[C@@H](O)[C@@H](O)C2)c1F. The van der Waals surface area contributed by atoms with Crippen molar-refractivity contribution in [1.82, 2.24) is 4.31 Å². The number of aliphatic hydroxyl groups is 2. The van der Waals surface area contributed by atoms with E-state index >= 15 is 0 Å². The third kappa shape index (κ3) is 2.62. The van der Waals surface area contributed by atoms with Gasteiger partial charge in [0.15, 0.2) is 5.82 Å². The highest BCUT2D eigenvalue weighted by atomic mass is 32.2. The number of aliphatic hydroxyl groups excluding tert-OH is 2. The number of carbonyl (C=O) groups is 1. The minimum Gasteiger partial charge on any atom is -0.477 e. The Balaban J connectivity index is 2.52. The predicted molar refractivity (Wildman–Crippen MR) is 64.1 cm³/mol. The number of carboxylic acids is 1. The zero-order chi connectivity index (χ0) is 15.9. The van der Waals surface area contributed by atoms with E-state index in [0.717, 1.165) is 0 Å². The van der Waals surface area contributed by atoms with Gasteiger partial charge in [0.25, 0.3) is 0 Å². The van der Waals surface area contributed by atoms with Crippen LogP contribution < -0.4 is 0 Å². The van der Waals surface area contributed by atoms with Crippen molar-refractivity contribution in [2.45, 2.75) is 17.1 Å². The molecule has 1 aliphatic heterocycles. The number of rotatable bonds is 3. The van der Waals surface area contributed by atoms with Gasteiger partial charge >= 0.3 is 5.97 Å². The number of β-amino-alcohol motifs (C(OH)–C–C–N with tert-alkyl or cyclic N) is 2. The van der Waals surface area contributed by atoms with E-state index in [1.54, 1.807) is 0 Å². The van der Waals surface area contributed by atoms with Crippen LogP contribution in [-0.2, 0) is 10.0 Å². The summed E-state index contributed by atoms with van der Waals surface area (Å²) in [7, 11) is -4.50. The first-order valence-corrected chi connectivity index (χ1v) is 7.18. The Morgan fingerprint density at radius 3 is 2.19 bits per heavy atom. The van der Waals surface area contributed by atoms with Crippen molar-refractivity contribution < 1.29 is 37.3 Å². The maximum absolute atomic E-state index is 14.0. The summed E-state index contributed by atoms with van der Waals surface area (Å²) >= 11 is 0. The summed E-state index contributed by atoms with van der Waals surface area (Å²) in [6.45, 7) is -0.939. The Morgan fingerprint density at radius 1 is 1.19 bits per heavy atom. The predicted octanol–water partition coefficient (Wildman–Crippen LogP) is -0.611. The Hall–Kier alpha value is -1.62. The minimum absolute atomic E-state index is 0.470. The van der Waals surface area contributed by atoms with Gasteiger partial charge < -0.3 is 15.3 Å². The maximum atomic E-state index is 14.0. The summed E-state index contributed by atoms with van der Waals surface area (Å²) in [6, 6.07) is 1.13. The van der Waals surface area contributed by atoms with Crippen molar-refractivity contribution >= 4 is 16.0 Å². The van der Waals surface area contributed by atoms with Crippen LogP contribution in [-0.4, -0.2) is 59.3 Å². The average molecular weight is 323 g/mol. The number of carboxylic acid groups (broad SMARTS) is 1. The molecule has 0 bridgehead atoms. The molecule has 0 aromatic heterocycles. The third-order valence-corrected chi connectivity index (χ3v) is 4.96. The van der Waals surface area contributed by atoms with Crippen LogP contribution in [0.25, 0.3) is 0 Å². The number of nitrogens with zero attached hydrogens (tertiary/aromatic N) is 1. The van der Waals surface area contributed by atoms with Gasteiger partial charge in [0.2, 0.25) is 10.0 Å². The van der Waals surface area contributed by atoms with Gasteiger partial charge in [-0.3, -0.25) is 0 Å². The molecule has 1 heterocycles. The van der Waals surface area contributed by atoms with Gasteiger partial charge in [-0.15, -0.1) is 0 Å². The summed E-state index contributed by atoms with van der Waals surface area (Å²) in [5, 5.41) is 27.4. The monoisotopic (exact) mass is 323 g/mol. The van der Waals surface area contributed by atoms with Crippen LogP contribution in [0.5, 0.6) is 0 Å². The second-order valence-corrected chi connectivity index (χ2v) is 6.40. The lowest BCUT2D eigenvalue weighted by Crippen LogP contribution is -2.31. The fourth-order valence-corrected chi connectivity index (χ4v) is 3.54. The number of hydrogen-bond acceptors (Lipinski definition) is 5. The van der Waals surface area contributed by atoms with E-state index in [2.05, 4.69) is 0 Å². The van der Waals surface area contributed by atoms with Crippen LogP contribution in [0.4, 0.5) is 8.78 Å². The standard InChI is InChI=1S/C11H11F2NO6S/c12-5-1-2-8(10(13)9(5)11(17)18)21(19,20)14-3-6(15)7(16)4-14/h1-2,6-7,15-16H,3-4H2,(H,17,18)/t6-,7+. The lowest BCUT2D eigenvalue weighted by molar-refractivity contribution is 0.0572. The van der Waals surface area contributed by atoms with Gasteiger partial charge in [-0.05, 0) is 12.1 Å². The lowest BCUT2D eigenvalue weighted by Gasteiger charge is -2.16. The van der Waals surface area contributed by atoms with Crippen molar-refractivity contribution in [3.05, 3.63) is 29.3 Å². The van der Waals surface area contributed by atoms with E-state index < -0.39 is 63.4 Å². The topological polar surface area (TPSA) is 115 Å². The van der Waals surface area contributed by atoms with E-state index in [9.17, 15) is 32.2 Å². The van der Waals surface area contributed by atoms with Crippen LogP contribution in [0.1, 0.15) is 10.4 Å². The molecular weight excluding hydrogens is 312 g/mol. The molecule has 1 aromatic carbocycles. The van der Waals surface area contributed by atoms with Crippen LogP contribution in [0.2, 0.25) is 0 Å². The van der Waals surface area contributed by atoms with E-state index in [0.29, 0.717) is 16.4 Å². The Morgan fingerprint density at radius 2 is 1.71 bits per heavy atom. The van der Waals surface area contributed by atoms with Gasteiger partial charge in [0, 0.05) is 13.1 Å². The molecule has 1 fully saturated rings. The molecule has 2 rings (SSSR count). The van der Waals surface area contributed by atoms with Crippen molar-refractivity contribution in [2.24, 2.45) is 0 Å². The van der Waals surface area contributed by atoms with Gasteiger partial charge in [-0.25, -0.2) is 22.0 Å². The van der Waals surface area contributed by atoms with Crippen LogP contribution in [0.3, 0.4) is 0 Å². The quantitative estimate of drug-likeness (QED) is 0.683. The summed E-state index contributed by atoms with van der Waals surface area (Å²) in [4.78, 5) is 9.75. The first kappa shape index (κ1) is 15.8. The van der Waals surface area contributed by atoms with Gasteiger partial charge in [0.05, 0.1) is 12.2 Å². The summed E-state index contributed by atoms with van der Waals surface area (Å²) in [5.74, 6) is -5.07. The molecule has 10 heteroatoms. The zero-order valence-electron chi connectivity index (χ0n) is 10.4. The van der Waals surface area contributed by atoms with E-state index in [-0.39, 0.29) is 0 Å². The second-order valence-electron chi connectivity index (χ2n) is 4.50. The van der Waals surface area contributed by atoms with E-state index in [1.807, 2.05) is 0 Å². The second kappa shape index (κ2) is 5.30. The van der Waals surface area contributed by atoms with Crippen LogP contribution >= 0.6 is 0 Å². The summed E-state index contributed by atoms with van der Waals surface area (Å²) in [5.41, 5.74) is -1.38. The fourth-order valence-electron chi connectivity index (χ4n) is 2.00. The molecule has 0 radical (unpaired) electrons. The first-order chi connectivity index (χ1) is 9.66. The summed E-state index contributed by atoms with van der Waals surface area (Å²) in [6.07, 6.45) is -2.66. The first-order valence-electron chi connectivity index (χ1n) is 5.74. The van der Waals surface area contributed by atoms with Gasteiger partial charge in [0.1, 0.15) is 16.3 Å². The number of hydrogen-bond donors (Lipinski definition) is 3. The average Bonchev–Trinajstić information content (AvgIpc) is 2.69. The molecule has 116 valence electrons. The van der Waals surface area contributed by atoms with Crippen molar-refractivity contribution in [3.8, 4) is 0 Å². The molecule has 0 amide bonds. The van der Waals surface area contributed by atoms with Gasteiger partial charge in [-0.1, -0.05) is 0 Å². The Kier molecular flexibility index (Phi) is 3.97. The Labute approximate surface area is 118 Å². The number of halogens is 2. The molecule has 2 atom stereocenters. The van der Waals surface area contributed by atoms with E-state index in [1.165, 1.54) is 0 Å². The van der Waals surface area contributed by atoms with Crippen molar-refractivity contribution in [3.63, 3.8) is 0 Å². The fraction of sp³-hybridized carbons (Fsp3) is 0.364. The normalized spacial score (nSPS) is 23.4. The van der Waals surface area contributed by atoms with Crippen LogP contribution in [0.15, 0.2) is 17.0 Å². The van der Waals surface area contributed by atoms with Crippen LogP contribution in [0, 0.1) is 11.6 Å². The minimum atomic E-state index is -4.50. The highest BCUT2D eigenvalue weighted by Gasteiger charge is 2.39. The molecule has 0 aliphatic carbocycles. The molecule has 0 spiro atoms. The molecule has 1 aromatic rings. The lowest BCUT2D eigenvalue weighted by atomic mass is 10.2. The van der Waals surface area contributed by atoms with E-state index in [4.69, 9.17) is 5.11 Å². The highest BCUT2D eigenvalue weighted by molar-refractivity contribution is 7.89. The van der Waals surface area contributed by atoms with Crippen molar-refractivity contribution in [2.75, 3.05) is 13.1 Å². The third-order valence-electron chi connectivity index (χ3n) is 3.11. The number of benzene rings is 1. The molecule has 0 saturated carbocycles. The van der Waals surface area contributed by atoms with Crippen molar-refractivity contribution in [1.29, 1.82) is 0 Å². The molecule has 1 saturated heterocycles. The number of aromatic carboxylic acids is 1. The molecule has 21 heavy (non-hydrogen) atoms. The summed E-state index contributed by atoms with van der Waals surface area (Å²) < 4.78 is 52.2. The van der Waals surface area contributed by atoms with Gasteiger partial charge in [-0.2, -0.15) is 4.31 Å². The highest BCUT2D eigenvalue weighted by Crippen LogP contribution is 2.26. The largest absolute Gasteiger partial charge is 0.477 e. The molecule has 3 N–H and O–H groups in total. The number of sulfonamides is 1.